The van der Waals surface area contributed by atoms with Crippen LogP contribution < -0.4 is 36.5 Å². The van der Waals surface area contributed by atoms with Gasteiger partial charge in [-0.15, -0.1) is 0 Å². The van der Waals surface area contributed by atoms with Crippen LogP contribution in [0.5, 0.6) is 5.75 Å². The lowest BCUT2D eigenvalue weighted by molar-refractivity contribution is -0.120. The second kappa shape index (κ2) is 15.7. The average Bonchev–Trinajstić information content (AvgIpc) is 3.65. The first-order valence-electron chi connectivity index (χ1n) is 18.7. The molecule has 4 aromatic heterocycles. The maximum Gasteiger partial charge on any atom is 0.328 e. The van der Waals surface area contributed by atoms with Gasteiger partial charge in [-0.2, -0.15) is 9.61 Å². The van der Waals surface area contributed by atoms with Crippen LogP contribution in [-0.2, 0) is 9.53 Å². The summed E-state index contributed by atoms with van der Waals surface area (Å²) in [6.07, 6.45) is 7.61. The van der Waals surface area contributed by atoms with Crippen LogP contribution in [0.25, 0.3) is 11.5 Å². The number of hydrogen-bond donors (Lipinski definition) is 4. The van der Waals surface area contributed by atoms with Gasteiger partial charge in [-0.1, -0.05) is 0 Å². The van der Waals surface area contributed by atoms with Gasteiger partial charge in [0.05, 0.1) is 23.9 Å². The van der Waals surface area contributed by atoms with Crippen LogP contribution in [-0.4, -0.2) is 105 Å². The van der Waals surface area contributed by atoms with Crippen LogP contribution in [0, 0.1) is 0 Å². The van der Waals surface area contributed by atoms with Crippen LogP contribution in [0.1, 0.15) is 52.8 Å². The molecule has 8 rings (SSSR count). The normalized spacial score (nSPS) is 18.5. The summed E-state index contributed by atoms with van der Waals surface area (Å²) in [4.78, 5) is 76.3. The first kappa shape index (κ1) is 37.1. The number of carbonyl (C=O) groups excluding carboxylic acids is 4. The Kier molecular flexibility index (Phi) is 10.2. The number of amides is 5. The molecule has 2 saturated heterocycles. The largest absolute Gasteiger partial charge is 0.490 e. The zero-order valence-electron chi connectivity index (χ0n) is 31.3. The Bertz CT molecular complexity index is 2390. The quantitative estimate of drug-likeness (QED) is 0.153. The number of aromatic nitrogens is 5. The maximum atomic E-state index is 13.7. The Morgan fingerprint density at radius 3 is 2.44 bits per heavy atom. The second-order valence-electron chi connectivity index (χ2n) is 14.0. The molecule has 2 aliphatic heterocycles. The van der Waals surface area contributed by atoms with Gasteiger partial charge in [0.25, 0.3) is 17.4 Å². The van der Waals surface area contributed by atoms with E-state index in [1.54, 1.807) is 79.9 Å². The number of rotatable bonds is 11. The van der Waals surface area contributed by atoms with Gasteiger partial charge in [0, 0.05) is 77.2 Å². The number of fused-ring (bicyclic) bond motifs is 1. The number of nitrogens with one attached hydrogen (secondary N) is 4. The highest BCUT2D eigenvalue weighted by atomic mass is 16.5. The number of carbonyl (C=O) groups is 4. The lowest BCUT2D eigenvalue weighted by Gasteiger charge is -2.35. The topological polar surface area (TPSA) is 206 Å². The molecule has 4 N–H and O–H groups in total. The standard InChI is InChI=1S/C39H41N11O7/c1-40-33-20-31(45-35-27(22-42-50(33)35)36(52)44-28-10-11-30(28)56-2)43-29-4-3-16-49(38(29)54)32-12-5-23(21-41-32)37(53)47-17-13-26(14-18-47)57-25-8-6-24(7-9-25)48-19-15-34(51)46-39(48)55/h3-9,12,16,20-22,26,28,30,40H,10-11,13-15,17-19H2,1-2H3,(H,43,45)(H,44,52)(H,46,51,55)/t28-,30-/m1/s1. The summed E-state index contributed by atoms with van der Waals surface area (Å²) in [6.45, 7) is 1.31. The monoisotopic (exact) mass is 775 g/mol. The van der Waals surface area contributed by atoms with Gasteiger partial charge < -0.3 is 30.3 Å². The van der Waals surface area contributed by atoms with Crippen molar-refractivity contribution in [2.45, 2.75) is 50.4 Å². The molecule has 3 fully saturated rings. The number of likely N-dealkylation sites (tertiary alicyclic amines) is 1. The highest BCUT2D eigenvalue weighted by molar-refractivity contribution is 6.05. The van der Waals surface area contributed by atoms with Crippen molar-refractivity contribution in [1.82, 2.24) is 39.7 Å². The van der Waals surface area contributed by atoms with Crippen molar-refractivity contribution in [3.05, 3.63) is 94.7 Å². The highest BCUT2D eigenvalue weighted by Gasteiger charge is 2.33. The highest BCUT2D eigenvalue weighted by Crippen LogP contribution is 2.27. The third kappa shape index (κ3) is 7.58. The van der Waals surface area contributed by atoms with Crippen molar-refractivity contribution in [3.63, 3.8) is 0 Å². The lowest BCUT2D eigenvalue weighted by atomic mass is 9.89. The van der Waals surface area contributed by atoms with E-state index in [-0.39, 0.29) is 53.6 Å². The van der Waals surface area contributed by atoms with Crippen molar-refractivity contribution < 1.29 is 28.7 Å². The minimum absolute atomic E-state index is 0.0305. The molecule has 1 saturated carbocycles. The van der Waals surface area contributed by atoms with Gasteiger partial charge in [0.15, 0.2) is 5.65 Å². The molecule has 6 heterocycles. The summed E-state index contributed by atoms with van der Waals surface area (Å²) >= 11 is 0. The Balaban J connectivity index is 0.894. The molecular formula is C39H41N11O7. The Hall–Kier alpha value is -6.82. The van der Waals surface area contributed by atoms with E-state index in [0.29, 0.717) is 72.6 Å². The molecule has 0 spiro atoms. The zero-order valence-corrected chi connectivity index (χ0v) is 31.3. The number of nitrogens with zero attached hydrogens (tertiary/aromatic N) is 7. The Morgan fingerprint density at radius 1 is 0.947 bits per heavy atom. The molecule has 0 bridgehead atoms. The van der Waals surface area contributed by atoms with E-state index in [4.69, 9.17) is 9.47 Å². The van der Waals surface area contributed by atoms with E-state index in [0.717, 1.165) is 12.8 Å². The van der Waals surface area contributed by atoms with Crippen molar-refractivity contribution >= 4 is 52.4 Å². The van der Waals surface area contributed by atoms with Gasteiger partial charge >= 0.3 is 6.03 Å². The van der Waals surface area contributed by atoms with E-state index in [1.807, 2.05) is 0 Å². The Labute approximate surface area is 326 Å². The van der Waals surface area contributed by atoms with Crippen LogP contribution in [0.4, 0.5) is 27.8 Å². The number of urea groups is 1. The average molecular weight is 776 g/mol. The fourth-order valence-corrected chi connectivity index (χ4v) is 7.16. The molecule has 1 aliphatic carbocycles. The molecule has 3 aliphatic rings. The van der Waals surface area contributed by atoms with Gasteiger partial charge in [0.2, 0.25) is 5.91 Å². The van der Waals surface area contributed by atoms with Crippen LogP contribution in [0.15, 0.2) is 78.0 Å². The fourth-order valence-electron chi connectivity index (χ4n) is 7.16. The first-order chi connectivity index (χ1) is 27.7. The summed E-state index contributed by atoms with van der Waals surface area (Å²) in [6, 6.07) is 14.9. The second-order valence-corrected chi connectivity index (χ2v) is 14.0. The van der Waals surface area contributed by atoms with E-state index < -0.39 is 11.6 Å². The maximum absolute atomic E-state index is 13.7. The lowest BCUT2D eigenvalue weighted by Crippen LogP contribution is -2.51. The fraction of sp³-hybridized carbons (Fsp3) is 0.333. The molecule has 57 heavy (non-hydrogen) atoms. The van der Waals surface area contributed by atoms with Crippen molar-refractivity contribution in [3.8, 4) is 11.6 Å². The van der Waals surface area contributed by atoms with Gasteiger partial charge in [0.1, 0.15) is 40.6 Å². The summed E-state index contributed by atoms with van der Waals surface area (Å²) in [5.41, 5.74) is 1.48. The molecule has 5 aromatic rings. The van der Waals surface area contributed by atoms with Crippen LogP contribution in [0.2, 0.25) is 0 Å². The predicted octanol–water partition coefficient (Wildman–Crippen LogP) is 3.10. The Morgan fingerprint density at radius 2 is 1.75 bits per heavy atom. The summed E-state index contributed by atoms with van der Waals surface area (Å²) in [5.74, 6) is 1.08. The first-order valence-corrected chi connectivity index (χ1v) is 18.7. The van der Waals surface area contributed by atoms with Gasteiger partial charge in [-0.05, 0) is 61.4 Å². The molecule has 0 radical (unpaired) electrons. The van der Waals surface area contributed by atoms with E-state index in [2.05, 4.69) is 36.3 Å². The third-order valence-electron chi connectivity index (χ3n) is 10.5. The number of imide groups is 1. The van der Waals surface area contributed by atoms with E-state index >= 15 is 0 Å². The van der Waals surface area contributed by atoms with E-state index in [9.17, 15) is 24.0 Å². The molecule has 18 heteroatoms. The molecule has 0 unspecified atom stereocenters. The molecule has 18 nitrogen and oxygen atoms in total. The number of ether oxygens (including phenoxy) is 2. The smallest absolute Gasteiger partial charge is 0.328 e. The van der Waals surface area contributed by atoms with Crippen LogP contribution in [0.3, 0.4) is 0 Å². The van der Waals surface area contributed by atoms with Gasteiger partial charge in [-0.3, -0.25) is 34.0 Å². The third-order valence-corrected chi connectivity index (χ3v) is 10.5. The van der Waals surface area contributed by atoms with E-state index in [1.165, 1.54) is 26.4 Å². The predicted molar refractivity (Wildman–Crippen MR) is 208 cm³/mol. The number of piperidine rings is 1. The molecule has 1 aromatic carbocycles. The van der Waals surface area contributed by atoms with Crippen molar-refractivity contribution in [2.75, 3.05) is 49.3 Å². The number of pyridine rings is 2. The zero-order chi connectivity index (χ0) is 39.6. The number of anilines is 4. The summed E-state index contributed by atoms with van der Waals surface area (Å²) in [5, 5.41) is 15.8. The minimum atomic E-state index is -0.441. The molecule has 5 amide bonds. The van der Waals surface area contributed by atoms with Gasteiger partial charge in [-0.25, -0.2) is 14.8 Å². The molecule has 2 atom stereocenters. The number of methoxy groups -OCH3 is 1. The van der Waals surface area contributed by atoms with Crippen molar-refractivity contribution in [1.29, 1.82) is 0 Å². The number of benzene rings is 1. The molecular weight excluding hydrogens is 734 g/mol. The minimum Gasteiger partial charge on any atom is -0.490 e. The summed E-state index contributed by atoms with van der Waals surface area (Å²) in [7, 11) is 3.35. The summed E-state index contributed by atoms with van der Waals surface area (Å²) < 4.78 is 14.5. The molecule has 294 valence electrons. The number of hydrogen-bond acceptors (Lipinski definition) is 12. The van der Waals surface area contributed by atoms with Crippen LogP contribution >= 0.6 is 0 Å². The van der Waals surface area contributed by atoms with Crippen molar-refractivity contribution in [2.24, 2.45) is 0 Å². The SMILES string of the molecule is CNc1cc(Nc2cccn(-c3ccc(C(=O)N4CCC(Oc5ccc(N6CCC(=O)NC6=O)cc5)CC4)cn3)c2=O)nc2c(C(=O)N[C@@H]3CC[C@H]3OC)cnn12.